The van der Waals surface area contributed by atoms with Crippen molar-refractivity contribution in [2.45, 2.75) is 78.6 Å². The van der Waals surface area contributed by atoms with Crippen LogP contribution in [0.15, 0.2) is 152 Å². The van der Waals surface area contributed by atoms with E-state index in [0.29, 0.717) is 0 Å². The molecule has 7 aromatic carbocycles. The van der Waals surface area contributed by atoms with Crippen LogP contribution in [-0.2, 0) is 16.2 Å². The zero-order chi connectivity index (χ0) is 40.3. The monoisotopic (exact) mass is 753 g/mol. The zero-order valence-corrected chi connectivity index (χ0v) is 35.4. The summed E-state index contributed by atoms with van der Waals surface area (Å²) in [5.74, 6) is 0. The zero-order valence-electron chi connectivity index (χ0n) is 35.4. The van der Waals surface area contributed by atoms with Crippen LogP contribution in [0.5, 0.6) is 0 Å². The van der Waals surface area contributed by atoms with Crippen molar-refractivity contribution in [2.24, 2.45) is 0 Å². The van der Waals surface area contributed by atoms with E-state index in [0.717, 1.165) is 0 Å². The largest absolute Gasteiger partial charge is 0.373 e. The van der Waals surface area contributed by atoms with Gasteiger partial charge < -0.3 is 14.3 Å². The molecular formula is C54H52BN3. The van der Waals surface area contributed by atoms with Gasteiger partial charge in [-0.15, -0.1) is 0 Å². The highest BCUT2D eigenvalue weighted by Gasteiger charge is 2.45. The van der Waals surface area contributed by atoms with Gasteiger partial charge in [0.05, 0.1) is 33.8 Å². The minimum atomic E-state index is -0.0730. The molecule has 1 aromatic heterocycles. The third-order valence-corrected chi connectivity index (χ3v) is 12.6. The summed E-state index contributed by atoms with van der Waals surface area (Å²) in [7, 11) is 0. The van der Waals surface area contributed by atoms with Crippen molar-refractivity contribution in [1.29, 1.82) is 0 Å². The third kappa shape index (κ3) is 5.63. The Balaban J connectivity index is 1.32. The summed E-state index contributed by atoms with van der Waals surface area (Å²) in [6.45, 7) is 20.9. The Morgan fingerprint density at radius 3 is 1.67 bits per heavy atom. The second kappa shape index (κ2) is 12.8. The molecule has 0 atom stereocenters. The van der Waals surface area contributed by atoms with E-state index in [-0.39, 0.29) is 23.1 Å². The number of fused-ring (bicyclic) bond motifs is 7. The second-order valence-corrected chi connectivity index (χ2v) is 19.6. The summed E-state index contributed by atoms with van der Waals surface area (Å²) in [5.41, 5.74) is 18.9. The van der Waals surface area contributed by atoms with Crippen molar-refractivity contribution in [2.75, 3.05) is 9.71 Å². The van der Waals surface area contributed by atoms with Gasteiger partial charge in [-0.25, -0.2) is 0 Å². The fourth-order valence-corrected chi connectivity index (χ4v) is 9.41. The molecule has 10 rings (SSSR count). The lowest BCUT2D eigenvalue weighted by Crippen LogP contribution is -2.58. The third-order valence-electron chi connectivity index (χ3n) is 12.6. The quantitative estimate of drug-likeness (QED) is 0.167. The number of nitrogens with zero attached hydrogens (tertiary/aromatic N) is 3. The predicted octanol–water partition coefficient (Wildman–Crippen LogP) is 13.4. The van der Waals surface area contributed by atoms with Crippen LogP contribution in [0.4, 0.5) is 28.4 Å². The average Bonchev–Trinajstić information content (AvgIpc) is 3.53. The number of rotatable bonds is 3. The molecule has 4 heteroatoms. The summed E-state index contributed by atoms with van der Waals surface area (Å²) in [5, 5.41) is 2.53. The van der Waals surface area contributed by atoms with Gasteiger partial charge in [0.15, 0.2) is 0 Å². The van der Waals surface area contributed by atoms with Crippen molar-refractivity contribution in [3.05, 3.63) is 168 Å². The SMILES string of the molecule is CC(C)(C)c1ccc2c(c1)-c1cc(C(C)(C)C)cc3c1N(B2c1ccc2c(c1)c1ccccc1n2-c1ccccc1)c1ccc(C(C)(C)C)cc1N3c1ccccc1. The molecule has 0 saturated heterocycles. The molecule has 2 aliphatic rings. The van der Waals surface area contributed by atoms with Crippen molar-refractivity contribution < 1.29 is 0 Å². The molecule has 0 aliphatic carbocycles. The van der Waals surface area contributed by atoms with Gasteiger partial charge in [-0.05, 0) is 110 Å². The molecule has 3 nitrogen and oxygen atoms in total. The maximum Gasteiger partial charge on any atom is 0.328 e. The van der Waals surface area contributed by atoms with E-state index in [2.05, 4.69) is 228 Å². The minimum Gasteiger partial charge on any atom is -0.373 e. The first-order valence-electron chi connectivity index (χ1n) is 20.9. The summed E-state index contributed by atoms with van der Waals surface area (Å²) in [4.78, 5) is 5.23. The molecule has 0 unspecified atom stereocenters. The molecule has 0 spiro atoms. The Hall–Kier alpha value is -6.00. The van der Waals surface area contributed by atoms with Gasteiger partial charge in [-0.3, -0.25) is 0 Å². The van der Waals surface area contributed by atoms with E-state index >= 15 is 0 Å². The number of hydrogen-bond donors (Lipinski definition) is 0. The Kier molecular flexibility index (Phi) is 7.99. The Bertz CT molecular complexity index is 2900. The van der Waals surface area contributed by atoms with Crippen LogP contribution < -0.4 is 20.6 Å². The lowest BCUT2D eigenvalue weighted by molar-refractivity contribution is 0.589. The minimum absolute atomic E-state index is 0.00638. The highest BCUT2D eigenvalue weighted by molar-refractivity contribution is 6.91. The maximum atomic E-state index is 2.69. The van der Waals surface area contributed by atoms with E-state index in [1.165, 1.54) is 94.7 Å². The first-order valence-corrected chi connectivity index (χ1v) is 20.9. The fourth-order valence-electron chi connectivity index (χ4n) is 9.41. The molecule has 8 aromatic rings. The Morgan fingerprint density at radius 2 is 0.983 bits per heavy atom. The highest BCUT2D eigenvalue weighted by atomic mass is 15.3. The lowest BCUT2D eigenvalue weighted by Gasteiger charge is -2.48. The molecule has 0 amide bonds. The van der Waals surface area contributed by atoms with E-state index in [1.54, 1.807) is 0 Å². The molecule has 0 N–H and O–H groups in total. The molecule has 286 valence electrons. The molecule has 0 bridgehead atoms. The van der Waals surface area contributed by atoms with Gasteiger partial charge in [0.25, 0.3) is 0 Å². The van der Waals surface area contributed by atoms with Gasteiger partial charge in [0, 0.05) is 27.7 Å². The van der Waals surface area contributed by atoms with E-state index in [9.17, 15) is 0 Å². The van der Waals surface area contributed by atoms with Gasteiger partial charge in [0.2, 0.25) is 0 Å². The first kappa shape index (κ1) is 36.4. The molecule has 0 saturated carbocycles. The van der Waals surface area contributed by atoms with Crippen LogP contribution in [0.1, 0.15) is 79.0 Å². The van der Waals surface area contributed by atoms with Crippen LogP contribution in [0.3, 0.4) is 0 Å². The van der Waals surface area contributed by atoms with Gasteiger partial charge in [-0.1, -0.05) is 153 Å². The smallest absolute Gasteiger partial charge is 0.328 e. The summed E-state index contributed by atoms with van der Waals surface area (Å²) < 4.78 is 2.42. The van der Waals surface area contributed by atoms with Crippen LogP contribution in [0.25, 0.3) is 38.6 Å². The highest BCUT2D eigenvalue weighted by Crippen LogP contribution is 2.58. The first-order chi connectivity index (χ1) is 27.7. The van der Waals surface area contributed by atoms with E-state index < -0.39 is 0 Å². The van der Waals surface area contributed by atoms with Gasteiger partial charge in [0.1, 0.15) is 0 Å². The predicted molar refractivity (Wildman–Crippen MR) is 251 cm³/mol. The molecule has 3 heterocycles. The molecular weight excluding hydrogens is 701 g/mol. The second-order valence-electron chi connectivity index (χ2n) is 19.6. The summed E-state index contributed by atoms with van der Waals surface area (Å²) in [6.07, 6.45) is 0. The molecule has 0 radical (unpaired) electrons. The van der Waals surface area contributed by atoms with Crippen molar-refractivity contribution >= 4 is 68.0 Å². The van der Waals surface area contributed by atoms with Crippen molar-refractivity contribution in [3.63, 3.8) is 0 Å². The van der Waals surface area contributed by atoms with Crippen LogP contribution in [0.2, 0.25) is 0 Å². The lowest BCUT2D eigenvalue weighted by atomic mass is 9.45. The van der Waals surface area contributed by atoms with Crippen LogP contribution in [0, 0.1) is 0 Å². The summed E-state index contributed by atoms with van der Waals surface area (Å²) >= 11 is 0. The maximum absolute atomic E-state index is 2.69. The summed E-state index contributed by atoms with van der Waals surface area (Å²) in [6, 6.07) is 57.4. The topological polar surface area (TPSA) is 11.4 Å². The van der Waals surface area contributed by atoms with Gasteiger partial charge >= 0.3 is 6.85 Å². The number of anilines is 5. The van der Waals surface area contributed by atoms with Crippen molar-refractivity contribution in [1.82, 2.24) is 4.57 Å². The van der Waals surface area contributed by atoms with E-state index in [4.69, 9.17) is 0 Å². The number of benzene rings is 7. The Morgan fingerprint density at radius 1 is 0.414 bits per heavy atom. The van der Waals surface area contributed by atoms with Crippen LogP contribution >= 0.6 is 0 Å². The fraction of sp³-hybridized carbons (Fsp3) is 0.222. The number of aromatic nitrogens is 1. The normalized spacial score (nSPS) is 13.8. The average molecular weight is 754 g/mol. The Labute approximate surface area is 344 Å². The van der Waals surface area contributed by atoms with Crippen molar-refractivity contribution in [3.8, 4) is 16.8 Å². The van der Waals surface area contributed by atoms with E-state index in [1.807, 2.05) is 0 Å². The molecule has 2 aliphatic heterocycles. The standard InChI is InChI=1S/C54H52BN3/c1-52(2,3)35-24-27-45-42(30-35)44-31-37(54(7,8)9)33-50-51(44)58(48-28-25-36(53(4,5)6)32-49(48)57(50)40-20-14-11-15-21-40)55(45)38-26-29-47-43(34-38)41-22-16-17-23-46(41)56(47)39-18-12-10-13-19-39/h10-34H,1-9H3. The number of para-hydroxylation sites is 3. The molecule has 0 fully saturated rings. The molecule has 58 heavy (non-hydrogen) atoms. The van der Waals surface area contributed by atoms with Gasteiger partial charge in [-0.2, -0.15) is 0 Å². The number of hydrogen-bond acceptors (Lipinski definition) is 2. The van der Waals surface area contributed by atoms with Crippen LogP contribution in [-0.4, -0.2) is 11.4 Å².